The molecular formula is C16H33N3O. The third-order valence-corrected chi connectivity index (χ3v) is 4.31. The van der Waals surface area contributed by atoms with E-state index < -0.39 is 0 Å². The minimum Gasteiger partial charge on any atom is -0.353 e. The van der Waals surface area contributed by atoms with Crippen molar-refractivity contribution in [1.82, 2.24) is 10.2 Å². The number of nitrogens with zero attached hydrogens (tertiary/aromatic N) is 1. The van der Waals surface area contributed by atoms with Crippen LogP contribution in [0.25, 0.3) is 0 Å². The molecule has 0 spiro atoms. The number of nitrogens with two attached hydrogens (primary N) is 1. The van der Waals surface area contributed by atoms with Crippen LogP contribution in [0.2, 0.25) is 0 Å². The van der Waals surface area contributed by atoms with Crippen LogP contribution < -0.4 is 11.1 Å². The van der Waals surface area contributed by atoms with Crippen molar-refractivity contribution < 1.29 is 4.79 Å². The Labute approximate surface area is 124 Å². The van der Waals surface area contributed by atoms with Crippen LogP contribution >= 0.6 is 0 Å². The lowest BCUT2D eigenvalue weighted by molar-refractivity contribution is -0.127. The highest BCUT2D eigenvalue weighted by Crippen LogP contribution is 2.26. The molecule has 0 aromatic carbocycles. The molecule has 3 N–H and O–H groups in total. The standard InChI is InChI=1S/C16H33N3O/c1-16(2,3)14(9-10-19(4)5)18-15(20)12-7-6-8-13(17)11-12/h12-14H,6-11,17H2,1-5H3,(H,18,20). The van der Waals surface area contributed by atoms with Crippen molar-refractivity contribution in [1.29, 1.82) is 0 Å². The SMILES string of the molecule is CN(C)CCC(NC(=O)C1CCCC(N)C1)C(C)(C)C. The number of rotatable bonds is 5. The summed E-state index contributed by atoms with van der Waals surface area (Å²) in [6.07, 6.45) is 4.96. The quantitative estimate of drug-likeness (QED) is 0.811. The third kappa shape index (κ3) is 5.80. The van der Waals surface area contributed by atoms with Crippen molar-refractivity contribution in [3.8, 4) is 0 Å². The van der Waals surface area contributed by atoms with E-state index in [4.69, 9.17) is 5.73 Å². The Balaban J connectivity index is 2.57. The predicted molar refractivity (Wildman–Crippen MR) is 84.5 cm³/mol. The molecule has 4 nitrogen and oxygen atoms in total. The molecule has 0 aromatic rings. The average Bonchev–Trinajstić information content (AvgIpc) is 2.32. The maximum absolute atomic E-state index is 12.5. The predicted octanol–water partition coefficient (Wildman–Crippen LogP) is 1.99. The molecule has 3 unspecified atom stereocenters. The Morgan fingerprint density at radius 1 is 1.35 bits per heavy atom. The van der Waals surface area contributed by atoms with Gasteiger partial charge < -0.3 is 16.0 Å². The fraction of sp³-hybridized carbons (Fsp3) is 0.938. The lowest BCUT2D eigenvalue weighted by Gasteiger charge is -2.35. The van der Waals surface area contributed by atoms with Crippen molar-refractivity contribution in [3.63, 3.8) is 0 Å². The first-order valence-corrected chi connectivity index (χ1v) is 7.91. The molecule has 0 radical (unpaired) electrons. The van der Waals surface area contributed by atoms with Gasteiger partial charge in [0.25, 0.3) is 0 Å². The number of nitrogens with one attached hydrogen (secondary N) is 1. The number of carbonyl (C=O) groups excluding carboxylic acids is 1. The van der Waals surface area contributed by atoms with Crippen LogP contribution in [0.1, 0.15) is 52.9 Å². The van der Waals surface area contributed by atoms with Gasteiger partial charge in [0, 0.05) is 18.0 Å². The van der Waals surface area contributed by atoms with E-state index in [1.807, 2.05) is 0 Å². The van der Waals surface area contributed by atoms with Crippen LogP contribution in [-0.2, 0) is 4.79 Å². The topological polar surface area (TPSA) is 58.4 Å². The van der Waals surface area contributed by atoms with Gasteiger partial charge in [0.05, 0.1) is 0 Å². The van der Waals surface area contributed by atoms with Gasteiger partial charge in [0.15, 0.2) is 0 Å². The lowest BCUT2D eigenvalue weighted by Crippen LogP contribution is -2.48. The zero-order chi connectivity index (χ0) is 15.3. The van der Waals surface area contributed by atoms with Gasteiger partial charge in [0.1, 0.15) is 0 Å². The summed E-state index contributed by atoms with van der Waals surface area (Å²) in [6.45, 7) is 7.58. The van der Waals surface area contributed by atoms with E-state index >= 15 is 0 Å². The molecule has 1 amide bonds. The average molecular weight is 283 g/mol. The summed E-state index contributed by atoms with van der Waals surface area (Å²) in [5.41, 5.74) is 6.08. The fourth-order valence-corrected chi connectivity index (χ4v) is 2.86. The Kier molecular flexibility index (Phi) is 6.46. The van der Waals surface area contributed by atoms with Gasteiger partial charge in [-0.05, 0) is 51.7 Å². The van der Waals surface area contributed by atoms with Gasteiger partial charge in [-0.2, -0.15) is 0 Å². The minimum absolute atomic E-state index is 0.0858. The second-order valence-electron chi connectivity index (χ2n) is 7.64. The van der Waals surface area contributed by atoms with Crippen molar-refractivity contribution in [2.45, 2.75) is 65.0 Å². The summed E-state index contributed by atoms with van der Waals surface area (Å²) in [5, 5.41) is 3.28. The van der Waals surface area contributed by atoms with Crippen LogP contribution in [0.3, 0.4) is 0 Å². The first-order chi connectivity index (χ1) is 9.20. The number of carbonyl (C=O) groups is 1. The first kappa shape index (κ1) is 17.4. The highest BCUT2D eigenvalue weighted by molar-refractivity contribution is 5.79. The maximum atomic E-state index is 12.5. The van der Waals surface area contributed by atoms with E-state index in [2.05, 4.69) is 45.1 Å². The molecule has 1 rings (SSSR count). The molecule has 1 aliphatic rings. The molecule has 20 heavy (non-hydrogen) atoms. The van der Waals surface area contributed by atoms with Gasteiger partial charge in [-0.1, -0.05) is 27.2 Å². The van der Waals surface area contributed by atoms with Gasteiger partial charge in [-0.15, -0.1) is 0 Å². The molecule has 0 saturated heterocycles. The highest BCUT2D eigenvalue weighted by atomic mass is 16.1. The lowest BCUT2D eigenvalue weighted by atomic mass is 9.82. The first-order valence-electron chi connectivity index (χ1n) is 7.91. The molecule has 1 fully saturated rings. The van der Waals surface area contributed by atoms with E-state index in [1.165, 1.54) is 0 Å². The van der Waals surface area contributed by atoms with Crippen LogP contribution in [0.5, 0.6) is 0 Å². The minimum atomic E-state index is 0.0858. The molecule has 1 aliphatic carbocycles. The fourth-order valence-electron chi connectivity index (χ4n) is 2.86. The highest BCUT2D eigenvalue weighted by Gasteiger charge is 2.30. The second-order valence-corrected chi connectivity index (χ2v) is 7.64. The summed E-state index contributed by atoms with van der Waals surface area (Å²) < 4.78 is 0. The zero-order valence-electron chi connectivity index (χ0n) is 13.9. The van der Waals surface area contributed by atoms with Crippen LogP contribution in [0, 0.1) is 11.3 Å². The van der Waals surface area contributed by atoms with Gasteiger partial charge in [0.2, 0.25) is 5.91 Å². The smallest absolute Gasteiger partial charge is 0.223 e. The Morgan fingerprint density at radius 3 is 2.50 bits per heavy atom. The number of hydrogen-bond acceptors (Lipinski definition) is 3. The van der Waals surface area contributed by atoms with Crippen molar-refractivity contribution in [3.05, 3.63) is 0 Å². The monoisotopic (exact) mass is 283 g/mol. The summed E-state index contributed by atoms with van der Waals surface area (Å²) >= 11 is 0. The van der Waals surface area contributed by atoms with Crippen LogP contribution in [0.15, 0.2) is 0 Å². The summed E-state index contributed by atoms with van der Waals surface area (Å²) in [4.78, 5) is 14.6. The second kappa shape index (κ2) is 7.41. The van der Waals surface area contributed by atoms with Gasteiger partial charge in [-0.25, -0.2) is 0 Å². The summed E-state index contributed by atoms with van der Waals surface area (Å²) in [6, 6.07) is 0.421. The Morgan fingerprint density at radius 2 is 2.00 bits per heavy atom. The normalized spacial score (nSPS) is 25.6. The van der Waals surface area contributed by atoms with E-state index in [0.717, 1.165) is 38.6 Å². The summed E-state index contributed by atoms with van der Waals surface area (Å²) in [5.74, 6) is 0.321. The number of amides is 1. The molecule has 0 heterocycles. The molecule has 1 saturated carbocycles. The Hall–Kier alpha value is -0.610. The molecule has 3 atom stereocenters. The molecule has 118 valence electrons. The van der Waals surface area contributed by atoms with Crippen LogP contribution in [0.4, 0.5) is 0 Å². The summed E-state index contributed by atoms with van der Waals surface area (Å²) in [7, 11) is 4.14. The largest absolute Gasteiger partial charge is 0.353 e. The van der Waals surface area contributed by atoms with E-state index in [1.54, 1.807) is 0 Å². The van der Waals surface area contributed by atoms with E-state index in [-0.39, 0.29) is 29.3 Å². The molecule has 0 aliphatic heterocycles. The van der Waals surface area contributed by atoms with E-state index in [0.29, 0.717) is 0 Å². The van der Waals surface area contributed by atoms with Crippen molar-refractivity contribution in [2.75, 3.05) is 20.6 Å². The molecule has 0 bridgehead atoms. The zero-order valence-corrected chi connectivity index (χ0v) is 13.9. The number of hydrogen-bond donors (Lipinski definition) is 2. The molecule has 0 aromatic heterocycles. The van der Waals surface area contributed by atoms with Crippen LogP contribution in [-0.4, -0.2) is 43.5 Å². The maximum Gasteiger partial charge on any atom is 0.223 e. The Bertz CT molecular complexity index is 309. The van der Waals surface area contributed by atoms with Crippen molar-refractivity contribution >= 4 is 5.91 Å². The molecular weight excluding hydrogens is 250 g/mol. The third-order valence-electron chi connectivity index (χ3n) is 4.31. The van der Waals surface area contributed by atoms with Crippen molar-refractivity contribution in [2.24, 2.45) is 17.1 Å². The van der Waals surface area contributed by atoms with Gasteiger partial charge >= 0.3 is 0 Å². The van der Waals surface area contributed by atoms with E-state index in [9.17, 15) is 4.79 Å². The van der Waals surface area contributed by atoms with Gasteiger partial charge in [-0.3, -0.25) is 4.79 Å². The molecule has 4 heteroatoms.